The summed E-state index contributed by atoms with van der Waals surface area (Å²) >= 11 is 1.59. The Morgan fingerprint density at radius 3 is 2.38 bits per heavy atom. The Morgan fingerprint density at radius 1 is 1.03 bits per heavy atom. The van der Waals surface area contributed by atoms with Crippen LogP contribution in [0.4, 0.5) is 0 Å². The van der Waals surface area contributed by atoms with Crippen LogP contribution in [0.3, 0.4) is 0 Å². The molecule has 2 heterocycles. The second kappa shape index (κ2) is 15.9. The van der Waals surface area contributed by atoms with E-state index in [9.17, 15) is 14.4 Å². The molecule has 0 radical (unpaired) electrons. The molecule has 1 aliphatic heterocycles. The summed E-state index contributed by atoms with van der Waals surface area (Å²) in [6.07, 6.45) is 7.81. The maximum absolute atomic E-state index is 13.1. The molecule has 1 atom stereocenters. The Morgan fingerprint density at radius 2 is 1.72 bits per heavy atom. The molecular weight excluding hydrogens is 508 g/mol. The number of amides is 2. The number of hydrogen-bond donors (Lipinski definition) is 0. The number of ether oxygens (including phenoxy) is 1. The van der Waals surface area contributed by atoms with Crippen molar-refractivity contribution in [1.29, 1.82) is 0 Å². The summed E-state index contributed by atoms with van der Waals surface area (Å²) in [5.74, 6) is 0.0875. The second-order valence-corrected chi connectivity index (χ2v) is 11.9. The molecule has 214 valence electrons. The van der Waals surface area contributed by atoms with Crippen molar-refractivity contribution in [3.63, 3.8) is 0 Å². The van der Waals surface area contributed by atoms with Gasteiger partial charge in [-0.25, -0.2) is 0 Å². The van der Waals surface area contributed by atoms with Crippen molar-refractivity contribution in [1.82, 2.24) is 9.80 Å². The number of carbonyl (C=O) groups is 3. The van der Waals surface area contributed by atoms with E-state index in [1.54, 1.807) is 18.4 Å². The van der Waals surface area contributed by atoms with Crippen LogP contribution in [0.5, 0.6) is 0 Å². The van der Waals surface area contributed by atoms with E-state index >= 15 is 0 Å². The first-order valence-corrected chi connectivity index (χ1v) is 15.6. The molecule has 1 saturated heterocycles. The number of Topliss-reactive ketones (excluding diaryl/α,β-unsaturated/α-hetero) is 1. The third-order valence-corrected chi connectivity index (χ3v) is 8.51. The summed E-state index contributed by atoms with van der Waals surface area (Å²) in [6, 6.07) is 10.4. The summed E-state index contributed by atoms with van der Waals surface area (Å²) in [4.78, 5) is 42.5. The number of piperidine rings is 1. The van der Waals surface area contributed by atoms with E-state index < -0.39 is 12.0 Å². The first-order chi connectivity index (χ1) is 18.8. The third kappa shape index (κ3) is 9.57. The van der Waals surface area contributed by atoms with E-state index in [1.165, 1.54) is 11.3 Å². The highest BCUT2D eigenvalue weighted by Gasteiger charge is 2.28. The van der Waals surface area contributed by atoms with Crippen molar-refractivity contribution < 1.29 is 19.1 Å². The lowest BCUT2D eigenvalue weighted by atomic mass is 9.98. The van der Waals surface area contributed by atoms with E-state index in [0.717, 1.165) is 73.2 Å². The fourth-order valence-corrected chi connectivity index (χ4v) is 5.97. The molecule has 39 heavy (non-hydrogen) atoms. The minimum Gasteiger partial charge on any atom is -0.368 e. The first kappa shape index (κ1) is 31.0. The molecule has 7 heteroatoms. The second-order valence-electron chi connectivity index (χ2n) is 10.9. The van der Waals surface area contributed by atoms with Gasteiger partial charge in [-0.05, 0) is 60.2 Å². The van der Waals surface area contributed by atoms with Crippen LogP contribution in [0.2, 0.25) is 0 Å². The maximum Gasteiger partial charge on any atom is 0.289 e. The zero-order chi connectivity index (χ0) is 28.2. The summed E-state index contributed by atoms with van der Waals surface area (Å²) in [6.45, 7) is 8.91. The molecule has 0 N–H and O–H groups in total. The molecule has 0 spiro atoms. The van der Waals surface area contributed by atoms with Crippen LogP contribution in [0, 0.1) is 5.92 Å². The average Bonchev–Trinajstić information content (AvgIpc) is 3.41. The number of thiophene rings is 1. The molecule has 2 amide bonds. The Hall–Kier alpha value is -2.51. The number of hydrogen-bond acceptors (Lipinski definition) is 5. The van der Waals surface area contributed by atoms with Gasteiger partial charge in [-0.3, -0.25) is 14.4 Å². The fourth-order valence-electron chi connectivity index (χ4n) is 5.03. The van der Waals surface area contributed by atoms with Crippen LogP contribution in [0.1, 0.15) is 82.6 Å². The summed E-state index contributed by atoms with van der Waals surface area (Å²) in [5.41, 5.74) is 3.25. The van der Waals surface area contributed by atoms with E-state index in [2.05, 4.69) is 49.6 Å². The summed E-state index contributed by atoms with van der Waals surface area (Å²) in [7, 11) is 1.70. The zero-order valence-electron chi connectivity index (χ0n) is 24.2. The van der Waals surface area contributed by atoms with E-state index in [4.69, 9.17) is 4.74 Å². The Kier molecular flexibility index (Phi) is 12.7. The molecule has 0 bridgehead atoms. The fraction of sp³-hybridized carbons (Fsp3) is 0.594. The zero-order valence-corrected chi connectivity index (χ0v) is 25.1. The Balaban J connectivity index is 1.53. The summed E-state index contributed by atoms with van der Waals surface area (Å²) in [5, 5.41) is 2.09. The van der Waals surface area contributed by atoms with Crippen molar-refractivity contribution in [2.45, 2.75) is 91.2 Å². The van der Waals surface area contributed by atoms with Gasteiger partial charge in [-0.1, -0.05) is 63.8 Å². The van der Waals surface area contributed by atoms with Crippen LogP contribution in [-0.4, -0.2) is 60.2 Å². The predicted molar refractivity (Wildman–Crippen MR) is 159 cm³/mol. The predicted octanol–water partition coefficient (Wildman–Crippen LogP) is 6.51. The normalized spacial score (nSPS) is 14.8. The third-order valence-electron chi connectivity index (χ3n) is 7.59. The molecule has 1 aromatic heterocycles. The van der Waals surface area contributed by atoms with Gasteiger partial charge in [0.25, 0.3) is 11.8 Å². The van der Waals surface area contributed by atoms with E-state index in [-0.39, 0.29) is 11.7 Å². The number of benzene rings is 1. The van der Waals surface area contributed by atoms with Gasteiger partial charge in [0.15, 0.2) is 0 Å². The quantitative estimate of drug-likeness (QED) is 0.186. The molecule has 0 saturated carbocycles. The number of nitrogens with zero attached hydrogens (tertiary/aromatic N) is 2. The summed E-state index contributed by atoms with van der Waals surface area (Å²) < 4.78 is 5.87. The van der Waals surface area contributed by atoms with Crippen LogP contribution >= 0.6 is 11.3 Å². The molecule has 2 aromatic rings. The van der Waals surface area contributed by atoms with Gasteiger partial charge in [0, 0.05) is 44.5 Å². The SMILES string of the molecule is CCCCCCCC(=O)C(=O)N(C)Cc1cc(-c2ccc(C[C@H](OCC)C(=O)N3CCC(C)CC3)cc2)cs1. The van der Waals surface area contributed by atoms with Crippen LogP contribution in [-0.2, 0) is 32.1 Å². The number of carbonyl (C=O) groups excluding carboxylic acids is 3. The first-order valence-electron chi connectivity index (χ1n) is 14.7. The highest BCUT2D eigenvalue weighted by Crippen LogP contribution is 2.27. The molecule has 0 unspecified atom stereocenters. The highest BCUT2D eigenvalue weighted by molar-refractivity contribution is 7.10. The minimum absolute atomic E-state index is 0.101. The van der Waals surface area contributed by atoms with Crippen LogP contribution < -0.4 is 0 Å². The Labute approximate surface area is 238 Å². The van der Waals surface area contributed by atoms with Gasteiger partial charge in [-0.2, -0.15) is 0 Å². The number of unbranched alkanes of at least 4 members (excludes halogenated alkanes) is 4. The van der Waals surface area contributed by atoms with E-state index in [1.807, 2.05) is 11.8 Å². The van der Waals surface area contributed by atoms with Crippen LogP contribution in [0.25, 0.3) is 11.1 Å². The van der Waals surface area contributed by atoms with Gasteiger partial charge < -0.3 is 14.5 Å². The standard InChI is InChI=1S/C32H46N2O4S/c1-5-7-8-9-10-11-29(35)31(36)33(4)22-28-21-27(23-39-28)26-14-12-25(13-15-26)20-30(38-6-2)32(37)34-18-16-24(3)17-19-34/h12-15,21,23-24,30H,5-11,16-20,22H2,1-4H3/t30-/m0/s1. The lowest BCUT2D eigenvalue weighted by Gasteiger charge is -2.33. The molecule has 6 nitrogen and oxygen atoms in total. The maximum atomic E-state index is 13.1. The van der Waals surface area contributed by atoms with Gasteiger partial charge >= 0.3 is 0 Å². The number of rotatable bonds is 15. The monoisotopic (exact) mass is 554 g/mol. The molecule has 0 aliphatic carbocycles. The molecular formula is C32H46N2O4S. The molecule has 3 rings (SSSR count). The van der Waals surface area contributed by atoms with Crippen molar-refractivity contribution in [2.24, 2.45) is 5.92 Å². The van der Waals surface area contributed by atoms with Crippen molar-refractivity contribution in [3.05, 3.63) is 46.2 Å². The van der Waals surface area contributed by atoms with Gasteiger partial charge in [0.2, 0.25) is 5.78 Å². The minimum atomic E-state index is -0.450. The molecule has 1 fully saturated rings. The average molecular weight is 555 g/mol. The van der Waals surface area contributed by atoms with Gasteiger partial charge in [-0.15, -0.1) is 11.3 Å². The number of ketones is 1. The molecule has 1 aromatic carbocycles. The lowest BCUT2D eigenvalue weighted by molar-refractivity contribution is -0.144. The lowest BCUT2D eigenvalue weighted by Crippen LogP contribution is -2.45. The number of likely N-dealkylation sites (N-methyl/N-ethyl adjacent to an activating group) is 1. The highest BCUT2D eigenvalue weighted by atomic mass is 32.1. The van der Waals surface area contributed by atoms with Crippen molar-refractivity contribution in [3.8, 4) is 11.1 Å². The number of likely N-dealkylation sites (tertiary alicyclic amines) is 1. The van der Waals surface area contributed by atoms with Gasteiger partial charge in [0.05, 0.1) is 6.54 Å². The van der Waals surface area contributed by atoms with Crippen molar-refractivity contribution in [2.75, 3.05) is 26.7 Å². The van der Waals surface area contributed by atoms with E-state index in [0.29, 0.717) is 31.9 Å². The Bertz CT molecular complexity index is 1060. The van der Waals surface area contributed by atoms with Crippen molar-refractivity contribution >= 4 is 28.9 Å². The topological polar surface area (TPSA) is 66.9 Å². The molecule has 1 aliphatic rings. The van der Waals surface area contributed by atoms with Gasteiger partial charge in [0.1, 0.15) is 6.10 Å². The smallest absolute Gasteiger partial charge is 0.289 e. The largest absolute Gasteiger partial charge is 0.368 e. The van der Waals surface area contributed by atoms with Crippen LogP contribution in [0.15, 0.2) is 35.7 Å².